The Morgan fingerprint density at radius 1 is 1.08 bits per heavy atom. The lowest BCUT2D eigenvalue weighted by Crippen LogP contribution is -2.23. The maximum absolute atomic E-state index is 12.7. The number of nitrogens with zero attached hydrogens (tertiary/aromatic N) is 2. The molecule has 6 nitrogen and oxygen atoms in total. The maximum Gasteiger partial charge on any atom is 0.244 e. The molecule has 0 saturated heterocycles. The van der Waals surface area contributed by atoms with Gasteiger partial charge in [0.05, 0.1) is 16.3 Å². The third-order valence-corrected chi connectivity index (χ3v) is 6.05. The molecule has 130 valence electrons. The van der Waals surface area contributed by atoms with Gasteiger partial charge in [0.15, 0.2) is 5.78 Å². The fourth-order valence-corrected chi connectivity index (χ4v) is 3.79. The summed E-state index contributed by atoms with van der Waals surface area (Å²) in [6.07, 6.45) is 0. The Morgan fingerprint density at radius 2 is 1.76 bits per heavy atom. The van der Waals surface area contributed by atoms with Crippen LogP contribution in [0, 0.1) is 0 Å². The number of nitrogens with one attached hydrogen (secondary N) is 1. The summed E-state index contributed by atoms with van der Waals surface area (Å²) in [4.78, 5) is 17.0. The lowest BCUT2D eigenvalue weighted by Gasteiger charge is -2.12. The van der Waals surface area contributed by atoms with Gasteiger partial charge in [0, 0.05) is 18.2 Å². The minimum Gasteiger partial charge on any atom is -0.358 e. The Morgan fingerprint density at radius 3 is 2.36 bits per heavy atom. The van der Waals surface area contributed by atoms with E-state index in [1.807, 2.05) is 6.07 Å². The second-order valence-electron chi connectivity index (χ2n) is 5.94. The van der Waals surface area contributed by atoms with Crippen LogP contribution in [0.4, 0.5) is 5.95 Å². The number of rotatable bonds is 5. The monoisotopic (exact) mass is 357 g/mol. The summed E-state index contributed by atoms with van der Waals surface area (Å²) in [5.41, 5.74) is 1.87. The van der Waals surface area contributed by atoms with Gasteiger partial charge in [0.25, 0.3) is 0 Å². The molecule has 0 aliphatic carbocycles. The van der Waals surface area contributed by atoms with Gasteiger partial charge in [-0.1, -0.05) is 30.3 Å². The Hall–Kier alpha value is -2.67. The summed E-state index contributed by atoms with van der Waals surface area (Å²) < 4.78 is 26.6. The van der Waals surface area contributed by atoms with E-state index in [1.165, 1.54) is 3.97 Å². The molecule has 0 radical (unpaired) electrons. The molecule has 0 fully saturated rings. The fourth-order valence-electron chi connectivity index (χ4n) is 2.58. The number of carbonyl (C=O) groups excluding carboxylic acids is 1. The number of hydrogen-bond donors (Lipinski definition) is 1. The second-order valence-corrected chi connectivity index (χ2v) is 8.28. The molecule has 0 saturated carbocycles. The number of imidazole rings is 1. The van der Waals surface area contributed by atoms with Gasteiger partial charge < -0.3 is 5.32 Å². The van der Waals surface area contributed by atoms with Crippen molar-refractivity contribution in [2.24, 2.45) is 0 Å². The molecule has 0 atom stereocenters. The maximum atomic E-state index is 12.7. The quantitative estimate of drug-likeness (QED) is 0.710. The number of fused-ring (bicyclic) bond motifs is 1. The number of anilines is 1. The Balaban J connectivity index is 2.22. The predicted octanol–water partition coefficient (Wildman–Crippen LogP) is 2.90. The molecule has 1 N–H and O–H groups in total. The van der Waals surface area contributed by atoms with Crippen molar-refractivity contribution in [3.63, 3.8) is 0 Å². The summed E-state index contributed by atoms with van der Waals surface area (Å²) >= 11 is 0. The van der Waals surface area contributed by atoms with Crippen molar-refractivity contribution in [3.8, 4) is 0 Å². The van der Waals surface area contributed by atoms with Crippen LogP contribution in [0.25, 0.3) is 11.0 Å². The van der Waals surface area contributed by atoms with E-state index >= 15 is 0 Å². The Bertz CT molecular complexity index is 1040. The van der Waals surface area contributed by atoms with Crippen LogP contribution in [0.15, 0.2) is 48.5 Å². The van der Waals surface area contributed by atoms with Crippen molar-refractivity contribution in [3.05, 3.63) is 59.7 Å². The molecule has 7 heteroatoms. The largest absolute Gasteiger partial charge is 0.358 e. The highest BCUT2D eigenvalue weighted by Crippen LogP contribution is 2.25. The van der Waals surface area contributed by atoms with Gasteiger partial charge in [0.1, 0.15) is 0 Å². The second kappa shape index (κ2) is 6.33. The third kappa shape index (κ3) is 2.91. The van der Waals surface area contributed by atoms with Gasteiger partial charge in [-0.05, 0) is 32.0 Å². The van der Waals surface area contributed by atoms with Crippen molar-refractivity contribution < 1.29 is 13.2 Å². The summed E-state index contributed by atoms with van der Waals surface area (Å²) in [5.74, 6) is 0.0659. The van der Waals surface area contributed by atoms with Crippen LogP contribution in [-0.4, -0.2) is 35.5 Å². The van der Waals surface area contributed by atoms with Crippen molar-refractivity contribution in [1.82, 2.24) is 8.96 Å². The first-order valence-corrected chi connectivity index (χ1v) is 9.41. The van der Waals surface area contributed by atoms with E-state index in [2.05, 4.69) is 10.3 Å². The van der Waals surface area contributed by atoms with E-state index in [0.717, 1.165) is 0 Å². The third-order valence-electron chi connectivity index (χ3n) is 3.98. The van der Waals surface area contributed by atoms with E-state index in [0.29, 0.717) is 22.2 Å². The molecule has 2 aromatic carbocycles. The normalized spacial score (nSPS) is 11.8. The summed E-state index contributed by atoms with van der Waals surface area (Å²) in [6, 6.07) is 13.8. The first kappa shape index (κ1) is 17.2. The fraction of sp³-hybridized carbons (Fsp3) is 0.222. The SMILES string of the molecule is CNc1nc2ccc(C(=O)c3ccccc3)cc2n1S(=O)(=O)C(C)C. The first-order chi connectivity index (χ1) is 11.9. The van der Waals surface area contributed by atoms with E-state index in [4.69, 9.17) is 0 Å². The molecule has 0 amide bonds. The van der Waals surface area contributed by atoms with E-state index in [9.17, 15) is 13.2 Å². The van der Waals surface area contributed by atoms with Gasteiger partial charge in [-0.2, -0.15) is 0 Å². The molecular weight excluding hydrogens is 338 g/mol. The van der Waals surface area contributed by atoms with Crippen LogP contribution in [0.3, 0.4) is 0 Å². The standard InChI is InChI=1S/C18H19N3O3S/c1-12(2)25(23,24)21-16-11-14(9-10-15(16)20-18(21)19-3)17(22)13-7-5-4-6-8-13/h4-12H,1-3H3,(H,19,20). The van der Waals surface area contributed by atoms with E-state index in [1.54, 1.807) is 63.4 Å². The van der Waals surface area contributed by atoms with Crippen LogP contribution in [-0.2, 0) is 10.0 Å². The van der Waals surface area contributed by atoms with Crippen molar-refractivity contribution in [2.75, 3.05) is 12.4 Å². The number of aromatic nitrogens is 2. The molecule has 0 aliphatic heterocycles. The van der Waals surface area contributed by atoms with Crippen molar-refractivity contribution in [2.45, 2.75) is 19.1 Å². The van der Waals surface area contributed by atoms with E-state index in [-0.39, 0.29) is 11.7 Å². The van der Waals surface area contributed by atoms with Crippen LogP contribution >= 0.6 is 0 Å². The number of carbonyl (C=O) groups is 1. The molecule has 25 heavy (non-hydrogen) atoms. The van der Waals surface area contributed by atoms with E-state index < -0.39 is 15.3 Å². The predicted molar refractivity (Wildman–Crippen MR) is 98.6 cm³/mol. The average Bonchev–Trinajstić information content (AvgIpc) is 3.00. The molecule has 0 bridgehead atoms. The highest BCUT2D eigenvalue weighted by molar-refractivity contribution is 7.90. The minimum absolute atomic E-state index is 0.164. The zero-order valence-electron chi connectivity index (χ0n) is 14.2. The summed E-state index contributed by atoms with van der Waals surface area (Å²) in [5, 5.41) is 2.19. The minimum atomic E-state index is -3.63. The summed E-state index contributed by atoms with van der Waals surface area (Å²) in [6.45, 7) is 3.22. The Labute approximate surface area is 146 Å². The zero-order valence-corrected chi connectivity index (χ0v) is 15.0. The summed E-state index contributed by atoms with van der Waals surface area (Å²) in [7, 11) is -2.01. The number of hydrogen-bond acceptors (Lipinski definition) is 5. The molecular formula is C18H19N3O3S. The zero-order chi connectivity index (χ0) is 18.2. The topological polar surface area (TPSA) is 81.1 Å². The smallest absolute Gasteiger partial charge is 0.244 e. The first-order valence-electron chi connectivity index (χ1n) is 7.90. The lowest BCUT2D eigenvalue weighted by atomic mass is 10.0. The van der Waals surface area contributed by atoms with Crippen LogP contribution in [0.1, 0.15) is 29.8 Å². The van der Waals surface area contributed by atoms with Crippen LogP contribution in [0.5, 0.6) is 0 Å². The van der Waals surface area contributed by atoms with Gasteiger partial charge in [-0.3, -0.25) is 4.79 Å². The van der Waals surface area contributed by atoms with Gasteiger partial charge in [0.2, 0.25) is 16.0 Å². The molecule has 0 unspecified atom stereocenters. The highest BCUT2D eigenvalue weighted by Gasteiger charge is 2.25. The molecule has 3 aromatic rings. The van der Waals surface area contributed by atoms with Crippen LogP contribution < -0.4 is 5.32 Å². The molecule has 0 spiro atoms. The number of ketones is 1. The van der Waals surface area contributed by atoms with Gasteiger partial charge in [-0.15, -0.1) is 0 Å². The van der Waals surface area contributed by atoms with Gasteiger partial charge in [-0.25, -0.2) is 17.4 Å². The van der Waals surface area contributed by atoms with Crippen molar-refractivity contribution >= 4 is 32.8 Å². The van der Waals surface area contributed by atoms with Crippen LogP contribution in [0.2, 0.25) is 0 Å². The molecule has 1 heterocycles. The molecule has 3 rings (SSSR count). The Kier molecular flexibility index (Phi) is 4.34. The lowest BCUT2D eigenvalue weighted by molar-refractivity contribution is 0.103. The van der Waals surface area contributed by atoms with Crippen molar-refractivity contribution in [1.29, 1.82) is 0 Å². The molecule has 1 aromatic heterocycles. The number of benzene rings is 2. The van der Waals surface area contributed by atoms with Gasteiger partial charge >= 0.3 is 0 Å². The average molecular weight is 357 g/mol. The highest BCUT2D eigenvalue weighted by atomic mass is 32.2. The molecule has 0 aliphatic rings.